The minimum atomic E-state index is -1.29. The van der Waals surface area contributed by atoms with Gasteiger partial charge in [0.15, 0.2) is 0 Å². The molecule has 38 heteroatoms. The number of carbonyl (C=O) groups excluding carboxylic acids is 18. The summed E-state index contributed by atoms with van der Waals surface area (Å²) in [6.07, 6.45) is 27.5. The van der Waals surface area contributed by atoms with E-state index in [1.54, 1.807) is 38.2 Å². The van der Waals surface area contributed by atoms with E-state index in [0.29, 0.717) is 56.8 Å². The van der Waals surface area contributed by atoms with Crippen LogP contribution < -0.4 is 0 Å². The zero-order chi connectivity index (χ0) is 98.1. The van der Waals surface area contributed by atoms with Crippen LogP contribution in [-0.4, -0.2) is 253 Å². The maximum atomic E-state index is 11.3. The molecule has 0 radical (unpaired) electrons. The van der Waals surface area contributed by atoms with Gasteiger partial charge < -0.3 is 94.7 Å². The zero-order valence-electron chi connectivity index (χ0n) is 72.5. The number of hydrogen-bond acceptors (Lipinski definition) is 38. The van der Waals surface area contributed by atoms with E-state index < -0.39 is 101 Å². The molecule has 0 heterocycles. The zero-order valence-corrected chi connectivity index (χ0v) is 72.5. The molecule has 0 spiro atoms. The fraction of sp³-hybridized carbons (Fsp3) is 0.371. The number of esters is 18. The third-order valence-electron chi connectivity index (χ3n) is 12.2. The van der Waals surface area contributed by atoms with Gasteiger partial charge in [0, 0.05) is 116 Å². The molecule has 0 bridgehead atoms. The lowest BCUT2D eigenvalue weighted by atomic mass is 9.92. The predicted molar refractivity (Wildman–Crippen MR) is 460 cm³/mol. The summed E-state index contributed by atoms with van der Waals surface area (Å²) in [5.41, 5.74) is -0.595. The maximum Gasteiger partial charge on any atom is 0.333 e. The molecule has 0 saturated heterocycles. The van der Waals surface area contributed by atoms with Crippen LogP contribution in [-0.2, 0) is 181 Å². The molecule has 0 aliphatic heterocycles. The van der Waals surface area contributed by atoms with Crippen molar-refractivity contribution in [1.29, 1.82) is 0 Å². The number of rotatable bonds is 61. The van der Waals surface area contributed by atoms with Crippen LogP contribution in [0.2, 0.25) is 0 Å². The van der Waals surface area contributed by atoms with Crippen LogP contribution in [0.4, 0.5) is 0 Å². The molecule has 0 N–H and O–H groups in total. The second-order valence-electron chi connectivity index (χ2n) is 22.5. The first-order valence-electron chi connectivity index (χ1n) is 37.6. The second-order valence-corrected chi connectivity index (χ2v) is 22.5. The molecule has 0 aliphatic carbocycles. The molecule has 0 aromatic carbocycles. The molecule has 0 aliphatic rings. The molecule has 127 heavy (non-hydrogen) atoms. The third kappa shape index (κ3) is 104. The fourth-order valence-corrected chi connectivity index (χ4v) is 5.95. The first-order valence-corrected chi connectivity index (χ1v) is 37.6. The van der Waals surface area contributed by atoms with Gasteiger partial charge in [-0.15, -0.1) is 0 Å². The molecule has 0 saturated carbocycles. The van der Waals surface area contributed by atoms with E-state index in [-0.39, 0.29) is 131 Å². The summed E-state index contributed by atoms with van der Waals surface area (Å²) in [5, 5.41) is 0. The Kier molecular flexibility index (Phi) is 96.0. The quantitative estimate of drug-likeness (QED) is 0.0181. The average Bonchev–Trinajstić information content (AvgIpc) is 0.854. The smallest absolute Gasteiger partial charge is 0.333 e. The van der Waals surface area contributed by atoms with E-state index in [9.17, 15) is 86.3 Å². The van der Waals surface area contributed by atoms with Crippen LogP contribution in [0.5, 0.6) is 0 Å². The van der Waals surface area contributed by atoms with Crippen molar-refractivity contribution < 1.29 is 181 Å². The molecule has 0 rings (SSSR count). The van der Waals surface area contributed by atoms with E-state index in [1.807, 2.05) is 0 Å². The summed E-state index contributed by atoms with van der Waals surface area (Å²) in [4.78, 5) is 193. The Morgan fingerprint density at radius 3 is 0.559 bits per heavy atom. The number of unbranched alkanes of at least 4 members (excludes halogenated alkanes) is 4. The topological polar surface area (TPSA) is 492 Å². The third-order valence-corrected chi connectivity index (χ3v) is 12.2. The summed E-state index contributed by atoms with van der Waals surface area (Å²) in [5.74, 6) is -9.26. The van der Waals surface area contributed by atoms with Gasteiger partial charge in [0.05, 0.1) is 66.1 Å². The molecule has 704 valence electrons. The Labute approximate surface area is 740 Å². The molecule has 38 nitrogen and oxygen atoms in total. The van der Waals surface area contributed by atoms with Gasteiger partial charge in [-0.25, -0.2) is 81.5 Å². The fourth-order valence-electron chi connectivity index (χ4n) is 5.95. The van der Waals surface area contributed by atoms with Crippen LogP contribution in [0.15, 0.2) is 238 Å². The van der Waals surface area contributed by atoms with Gasteiger partial charge in [-0.2, -0.15) is 0 Å². The largest absolute Gasteiger partial charge is 0.465 e. The molecule has 0 fully saturated rings. The van der Waals surface area contributed by atoms with Crippen molar-refractivity contribution in [3.63, 3.8) is 0 Å². The first kappa shape index (κ1) is 128. The van der Waals surface area contributed by atoms with Crippen LogP contribution in [0, 0.1) is 5.41 Å². The summed E-state index contributed by atoms with van der Waals surface area (Å²) < 4.78 is 95.4. The van der Waals surface area contributed by atoms with Gasteiger partial charge in [0.1, 0.15) is 84.7 Å². The minimum absolute atomic E-state index is 0.135. The van der Waals surface area contributed by atoms with E-state index in [1.165, 1.54) is 6.92 Å². The molecule has 0 aromatic heterocycles. The Balaban J connectivity index is -0.000000214. The van der Waals surface area contributed by atoms with Gasteiger partial charge >= 0.3 is 107 Å². The standard InChI is InChI=1S/C16H20O8.C12H18O5.C12H18O4.C10H14O5.C10H14O4.2C10H12O4.C9H12O4/c1-5-13(18)22-9-16(8-21-12(4)17,10-23-14(19)6-2)11-24-15(20)7-3;1-9(2)11(13)16-7-5-15-6-8-17-12(14)10(3)4;1-3-11(13)15-9-7-5-6-8-10-16-12(14)4-2;1-3-9(11)14-7-5-13-6-8-15-10(12)4-2;3*1-3-9(11)13-7-5-6-8-14-10(12)4-2;1-3-8(10)12-6-5-7-13-9(11)4-2/h5-7H,1-3,8-11H2,4H3;1,3,5-8H2,2,4H3;3-4H,1-2,5-10H2;3-4H,1-2,5-8H2;3-4H,1-2,5-8H2;2*3-6H,1-2,7-8H2;3-4H,1-2,5-7H2/b;;;;;6-5+;6-5-;. The van der Waals surface area contributed by atoms with Crippen molar-refractivity contribution in [2.24, 2.45) is 5.41 Å². The Bertz CT molecular complexity index is 3310. The molecule has 0 amide bonds. The lowest BCUT2D eigenvalue weighted by Gasteiger charge is -2.30. The highest BCUT2D eigenvalue weighted by Crippen LogP contribution is 2.22. The summed E-state index contributed by atoms with van der Waals surface area (Å²) >= 11 is 0. The van der Waals surface area contributed by atoms with E-state index in [0.717, 1.165) is 117 Å². The average molecular weight is 1800 g/mol. The van der Waals surface area contributed by atoms with Gasteiger partial charge in [-0.3, -0.25) is 4.79 Å². The van der Waals surface area contributed by atoms with Gasteiger partial charge in [-0.05, 0) is 76.7 Å². The highest BCUT2D eigenvalue weighted by atomic mass is 16.6. The minimum Gasteiger partial charge on any atom is -0.465 e. The van der Waals surface area contributed by atoms with E-state index >= 15 is 0 Å². The van der Waals surface area contributed by atoms with Crippen molar-refractivity contribution in [3.8, 4) is 0 Å². The SMILES string of the molecule is C=C(C)C(=O)OCCOCCOC(=O)C(=C)C.C=CC(=O)OC/C=C/COC(=O)C=C.C=CC(=O)OC/C=C\COC(=O)C=C.C=CC(=O)OCC(COC(C)=O)(COC(=O)C=C)COC(=O)C=C.C=CC(=O)OCCCCCCOC(=O)C=C.C=CC(=O)OCCCCOC(=O)C=C.C=CC(=O)OCCCOC(=O)C=C.C=CC(=O)OCCOCCOC(=O)C=C. The Morgan fingerprint density at radius 1 is 0.197 bits per heavy atom. The van der Waals surface area contributed by atoms with E-state index in [2.05, 4.69) is 150 Å². The molecular weight excluding hydrogens is 1680 g/mol. The Hall–Kier alpha value is -14.6. The predicted octanol–water partition coefficient (Wildman–Crippen LogP) is 8.49. The monoisotopic (exact) mass is 1800 g/mol. The van der Waals surface area contributed by atoms with Crippen LogP contribution in [0.3, 0.4) is 0 Å². The lowest BCUT2D eigenvalue weighted by molar-refractivity contribution is -0.166. The second kappa shape index (κ2) is 95.3. The van der Waals surface area contributed by atoms with Crippen molar-refractivity contribution in [2.45, 2.75) is 65.7 Å². The highest BCUT2D eigenvalue weighted by Gasteiger charge is 2.37. The van der Waals surface area contributed by atoms with Gasteiger partial charge in [0.2, 0.25) is 0 Å². The summed E-state index contributed by atoms with van der Waals surface area (Å²) in [7, 11) is 0. The van der Waals surface area contributed by atoms with Crippen LogP contribution in [0.25, 0.3) is 0 Å². The molecule has 0 aromatic rings. The van der Waals surface area contributed by atoms with Crippen molar-refractivity contribution in [2.75, 3.05) is 145 Å². The highest BCUT2D eigenvalue weighted by molar-refractivity contribution is 5.88. The normalized spacial score (nSPS) is 9.35. The number of hydrogen-bond donors (Lipinski definition) is 0. The van der Waals surface area contributed by atoms with E-state index in [4.69, 9.17) is 56.8 Å². The van der Waals surface area contributed by atoms with Crippen molar-refractivity contribution in [1.82, 2.24) is 0 Å². The van der Waals surface area contributed by atoms with Crippen molar-refractivity contribution in [3.05, 3.63) is 238 Å². The Morgan fingerprint density at radius 2 is 0.362 bits per heavy atom. The maximum absolute atomic E-state index is 11.3. The lowest BCUT2D eigenvalue weighted by Crippen LogP contribution is -2.43. The van der Waals surface area contributed by atoms with Gasteiger partial charge in [-0.1, -0.05) is 112 Å². The summed E-state index contributed by atoms with van der Waals surface area (Å²) in [6, 6.07) is 0. The number of ether oxygens (including phenoxy) is 20. The molecular formula is C89H120O38. The summed E-state index contributed by atoms with van der Waals surface area (Å²) in [6.45, 7) is 62.6. The van der Waals surface area contributed by atoms with Crippen LogP contribution >= 0.6 is 0 Å². The van der Waals surface area contributed by atoms with Crippen molar-refractivity contribution >= 4 is 107 Å². The molecule has 0 atom stereocenters. The van der Waals surface area contributed by atoms with Crippen LogP contribution in [0.1, 0.15) is 65.7 Å². The molecule has 0 unspecified atom stereocenters. The number of carbonyl (C=O) groups is 18. The first-order chi connectivity index (χ1) is 60.4. The van der Waals surface area contributed by atoms with Gasteiger partial charge in [0.25, 0.3) is 0 Å².